The number of para-hydroxylation sites is 2. The SMILES string of the molecule is CCOC(=O)C(C)Oc1ccccc1Oc1nc2ccc(Cl)cc2o1. The van der Waals surface area contributed by atoms with Crippen LogP contribution < -0.4 is 9.47 Å². The van der Waals surface area contributed by atoms with Crippen molar-refractivity contribution in [1.82, 2.24) is 4.98 Å². The van der Waals surface area contributed by atoms with E-state index in [0.29, 0.717) is 27.6 Å². The highest BCUT2D eigenvalue weighted by molar-refractivity contribution is 6.31. The largest absolute Gasteiger partial charge is 0.475 e. The van der Waals surface area contributed by atoms with Gasteiger partial charge in [-0.1, -0.05) is 23.7 Å². The summed E-state index contributed by atoms with van der Waals surface area (Å²) in [6.07, 6.45) is -0.718. The fourth-order valence-electron chi connectivity index (χ4n) is 2.15. The summed E-state index contributed by atoms with van der Waals surface area (Å²) in [5.41, 5.74) is 1.14. The molecule has 0 saturated carbocycles. The first kappa shape index (κ1) is 17.1. The van der Waals surface area contributed by atoms with Crippen molar-refractivity contribution in [3.05, 3.63) is 47.5 Å². The number of ether oxygens (including phenoxy) is 3. The van der Waals surface area contributed by atoms with Crippen LogP contribution in [0.1, 0.15) is 13.8 Å². The average Bonchev–Trinajstić information content (AvgIpc) is 2.98. The summed E-state index contributed by atoms with van der Waals surface area (Å²) in [5.74, 6) is 0.299. The molecule has 1 aromatic heterocycles. The van der Waals surface area contributed by atoms with Gasteiger partial charge in [-0.25, -0.2) is 4.79 Å². The van der Waals surface area contributed by atoms with Gasteiger partial charge in [0.15, 0.2) is 23.2 Å². The van der Waals surface area contributed by atoms with Gasteiger partial charge in [-0.3, -0.25) is 0 Å². The minimum atomic E-state index is -0.771. The summed E-state index contributed by atoms with van der Waals surface area (Å²) in [7, 11) is 0. The predicted octanol–water partition coefficient (Wildman–Crippen LogP) is 4.60. The second-order valence-electron chi connectivity index (χ2n) is 5.15. The number of oxazole rings is 1. The zero-order valence-electron chi connectivity index (χ0n) is 13.7. The van der Waals surface area contributed by atoms with Gasteiger partial charge in [0.05, 0.1) is 6.61 Å². The van der Waals surface area contributed by atoms with Gasteiger partial charge >= 0.3 is 12.0 Å². The van der Waals surface area contributed by atoms with Gasteiger partial charge < -0.3 is 18.6 Å². The molecule has 2 aromatic carbocycles. The van der Waals surface area contributed by atoms with Crippen LogP contribution in [0.4, 0.5) is 0 Å². The molecule has 3 rings (SSSR count). The molecule has 1 heterocycles. The number of hydrogen-bond acceptors (Lipinski definition) is 6. The minimum absolute atomic E-state index is 0.0529. The average molecular weight is 362 g/mol. The maximum Gasteiger partial charge on any atom is 0.400 e. The van der Waals surface area contributed by atoms with E-state index in [0.717, 1.165) is 0 Å². The van der Waals surface area contributed by atoms with Gasteiger partial charge in [-0.05, 0) is 38.1 Å². The molecular weight excluding hydrogens is 346 g/mol. The van der Waals surface area contributed by atoms with Crippen LogP contribution in [0.5, 0.6) is 17.6 Å². The third kappa shape index (κ3) is 4.03. The summed E-state index contributed by atoms with van der Waals surface area (Å²) in [6, 6.07) is 12.0. The van der Waals surface area contributed by atoms with Crippen molar-refractivity contribution in [3.63, 3.8) is 0 Å². The number of carbonyl (C=O) groups excluding carboxylic acids is 1. The van der Waals surface area contributed by atoms with Crippen LogP contribution in [0.15, 0.2) is 46.9 Å². The summed E-state index contributed by atoms with van der Waals surface area (Å²) >= 11 is 5.93. The fraction of sp³-hybridized carbons (Fsp3) is 0.222. The van der Waals surface area contributed by atoms with Crippen LogP contribution in [0.25, 0.3) is 11.1 Å². The van der Waals surface area contributed by atoms with Crippen molar-refractivity contribution in [3.8, 4) is 17.6 Å². The number of rotatable bonds is 6. The first-order valence-electron chi connectivity index (χ1n) is 7.73. The van der Waals surface area contributed by atoms with Crippen LogP contribution in [0.2, 0.25) is 5.02 Å². The van der Waals surface area contributed by atoms with Gasteiger partial charge in [-0.15, -0.1) is 0 Å². The third-order valence-electron chi connectivity index (χ3n) is 3.30. The van der Waals surface area contributed by atoms with Crippen molar-refractivity contribution in [2.24, 2.45) is 0 Å². The molecule has 0 bridgehead atoms. The third-order valence-corrected chi connectivity index (χ3v) is 3.53. The summed E-state index contributed by atoms with van der Waals surface area (Å²) in [6.45, 7) is 3.63. The molecule has 0 aliphatic rings. The molecule has 0 N–H and O–H groups in total. The van der Waals surface area contributed by atoms with Crippen LogP contribution >= 0.6 is 11.6 Å². The Morgan fingerprint density at radius 3 is 2.76 bits per heavy atom. The first-order valence-corrected chi connectivity index (χ1v) is 8.11. The minimum Gasteiger partial charge on any atom is -0.475 e. The zero-order valence-corrected chi connectivity index (χ0v) is 14.4. The molecule has 130 valence electrons. The van der Waals surface area contributed by atoms with E-state index < -0.39 is 12.1 Å². The van der Waals surface area contributed by atoms with E-state index in [1.54, 1.807) is 56.3 Å². The summed E-state index contributed by atoms with van der Waals surface area (Å²) < 4.78 is 21.8. The quantitative estimate of drug-likeness (QED) is 0.597. The molecule has 1 unspecified atom stereocenters. The Morgan fingerprint density at radius 1 is 1.24 bits per heavy atom. The van der Waals surface area contributed by atoms with Crippen molar-refractivity contribution >= 4 is 28.7 Å². The van der Waals surface area contributed by atoms with Gasteiger partial charge in [0.1, 0.15) is 5.52 Å². The number of hydrogen-bond donors (Lipinski definition) is 0. The van der Waals surface area contributed by atoms with E-state index in [9.17, 15) is 4.79 Å². The maximum absolute atomic E-state index is 11.7. The lowest BCUT2D eigenvalue weighted by Gasteiger charge is -2.15. The van der Waals surface area contributed by atoms with E-state index in [4.69, 9.17) is 30.2 Å². The number of halogens is 1. The van der Waals surface area contributed by atoms with E-state index in [1.165, 1.54) is 0 Å². The molecule has 7 heteroatoms. The number of carbonyl (C=O) groups is 1. The van der Waals surface area contributed by atoms with Crippen LogP contribution in [-0.2, 0) is 9.53 Å². The lowest BCUT2D eigenvalue weighted by molar-refractivity contribution is -0.150. The number of nitrogens with zero attached hydrogens (tertiary/aromatic N) is 1. The highest BCUT2D eigenvalue weighted by atomic mass is 35.5. The Hall–Kier alpha value is -2.73. The Kier molecular flexibility index (Phi) is 5.09. The number of aromatic nitrogens is 1. The highest BCUT2D eigenvalue weighted by Crippen LogP contribution is 2.33. The number of benzene rings is 2. The maximum atomic E-state index is 11.7. The lowest BCUT2D eigenvalue weighted by atomic mass is 10.3. The normalized spacial score (nSPS) is 12.0. The van der Waals surface area contributed by atoms with Crippen molar-refractivity contribution in [2.75, 3.05) is 6.61 Å². The van der Waals surface area contributed by atoms with Crippen LogP contribution in [-0.4, -0.2) is 23.7 Å². The van der Waals surface area contributed by atoms with E-state index in [2.05, 4.69) is 4.98 Å². The fourth-order valence-corrected chi connectivity index (χ4v) is 2.31. The molecule has 1 atom stereocenters. The van der Waals surface area contributed by atoms with Crippen molar-refractivity contribution in [2.45, 2.75) is 20.0 Å². The van der Waals surface area contributed by atoms with Gasteiger partial charge in [0.2, 0.25) is 0 Å². The lowest BCUT2D eigenvalue weighted by Crippen LogP contribution is -2.26. The molecular formula is C18H16ClNO5. The second kappa shape index (κ2) is 7.44. The molecule has 0 aliphatic heterocycles. The smallest absolute Gasteiger partial charge is 0.400 e. The Bertz CT molecular complexity index is 892. The predicted molar refractivity (Wildman–Crippen MR) is 92.3 cm³/mol. The Labute approximate surface area is 149 Å². The molecule has 0 aliphatic carbocycles. The van der Waals surface area contributed by atoms with Gasteiger partial charge in [0, 0.05) is 11.1 Å². The monoisotopic (exact) mass is 361 g/mol. The molecule has 6 nitrogen and oxygen atoms in total. The van der Waals surface area contributed by atoms with E-state index in [-0.39, 0.29) is 12.7 Å². The Morgan fingerprint density at radius 2 is 2.00 bits per heavy atom. The van der Waals surface area contributed by atoms with Crippen molar-refractivity contribution in [1.29, 1.82) is 0 Å². The molecule has 25 heavy (non-hydrogen) atoms. The topological polar surface area (TPSA) is 70.8 Å². The molecule has 0 spiro atoms. The van der Waals surface area contributed by atoms with Crippen molar-refractivity contribution < 1.29 is 23.4 Å². The zero-order chi connectivity index (χ0) is 17.8. The Balaban J connectivity index is 1.81. The molecule has 3 aromatic rings. The summed E-state index contributed by atoms with van der Waals surface area (Å²) in [5, 5.41) is 0.544. The first-order chi connectivity index (χ1) is 12.1. The van der Waals surface area contributed by atoms with E-state index >= 15 is 0 Å². The van der Waals surface area contributed by atoms with Crippen LogP contribution in [0.3, 0.4) is 0 Å². The molecule has 0 radical (unpaired) electrons. The van der Waals surface area contributed by atoms with Crippen LogP contribution in [0, 0.1) is 0 Å². The van der Waals surface area contributed by atoms with Gasteiger partial charge in [0.25, 0.3) is 0 Å². The summed E-state index contributed by atoms with van der Waals surface area (Å²) in [4.78, 5) is 16.0. The molecule has 0 fully saturated rings. The second-order valence-corrected chi connectivity index (χ2v) is 5.59. The standard InChI is InChI=1S/C18H16ClNO5/c1-3-22-17(21)11(2)23-14-6-4-5-7-15(14)24-18-20-13-9-8-12(19)10-16(13)25-18/h4-11H,3H2,1-2H3. The number of fused-ring (bicyclic) bond motifs is 1. The molecule has 0 saturated heterocycles. The molecule has 0 amide bonds. The highest BCUT2D eigenvalue weighted by Gasteiger charge is 2.19. The van der Waals surface area contributed by atoms with E-state index in [1.807, 2.05) is 0 Å². The number of esters is 1. The van der Waals surface area contributed by atoms with Gasteiger partial charge in [-0.2, -0.15) is 4.98 Å².